The van der Waals surface area contributed by atoms with Crippen LogP contribution in [0.2, 0.25) is 0 Å². The Hall–Kier alpha value is -1.30. The van der Waals surface area contributed by atoms with Crippen LogP contribution in [0.3, 0.4) is 0 Å². The third-order valence-corrected chi connectivity index (χ3v) is 2.76. The van der Waals surface area contributed by atoms with E-state index in [1.807, 2.05) is 20.8 Å². The Kier molecular flexibility index (Phi) is 5.17. The number of carbonyl (C=O) groups is 2. The summed E-state index contributed by atoms with van der Waals surface area (Å²) in [6.07, 6.45) is 1.09. The molecular formula is C13H24N2O4. The van der Waals surface area contributed by atoms with Gasteiger partial charge in [0.15, 0.2) is 0 Å². The first-order chi connectivity index (χ1) is 8.67. The number of ether oxygens (including phenoxy) is 2. The monoisotopic (exact) mass is 272 g/mol. The fourth-order valence-electron chi connectivity index (χ4n) is 1.61. The second-order valence-electron chi connectivity index (χ2n) is 6.04. The van der Waals surface area contributed by atoms with Crippen molar-refractivity contribution < 1.29 is 19.1 Å². The number of amides is 2. The SMILES string of the molecule is CN(C)C(=O)COC1CC(NC(=O)OC(C)(C)C)C1. The lowest BCUT2D eigenvalue weighted by Gasteiger charge is -2.35. The van der Waals surface area contributed by atoms with Crippen LogP contribution >= 0.6 is 0 Å². The summed E-state index contributed by atoms with van der Waals surface area (Å²) in [4.78, 5) is 24.3. The van der Waals surface area contributed by atoms with Crippen LogP contribution in [-0.2, 0) is 14.3 Å². The third-order valence-electron chi connectivity index (χ3n) is 2.76. The lowest BCUT2D eigenvalue weighted by atomic mass is 9.89. The molecule has 1 fully saturated rings. The van der Waals surface area contributed by atoms with Gasteiger partial charge in [-0.2, -0.15) is 0 Å². The van der Waals surface area contributed by atoms with Crippen LogP contribution in [-0.4, -0.2) is 55.3 Å². The van der Waals surface area contributed by atoms with Gasteiger partial charge in [-0.05, 0) is 33.6 Å². The van der Waals surface area contributed by atoms with Crippen molar-refractivity contribution in [1.82, 2.24) is 10.2 Å². The van der Waals surface area contributed by atoms with Gasteiger partial charge in [0.25, 0.3) is 0 Å². The molecular weight excluding hydrogens is 248 g/mol. The number of nitrogens with one attached hydrogen (secondary N) is 1. The van der Waals surface area contributed by atoms with E-state index in [4.69, 9.17) is 9.47 Å². The van der Waals surface area contributed by atoms with Crippen molar-refractivity contribution in [3.63, 3.8) is 0 Å². The second-order valence-corrected chi connectivity index (χ2v) is 6.04. The van der Waals surface area contributed by atoms with Gasteiger partial charge in [-0.3, -0.25) is 4.79 Å². The summed E-state index contributed by atoms with van der Waals surface area (Å²) in [5.74, 6) is -0.0523. The molecule has 1 N–H and O–H groups in total. The van der Waals surface area contributed by atoms with E-state index < -0.39 is 11.7 Å². The molecule has 0 saturated heterocycles. The van der Waals surface area contributed by atoms with E-state index in [1.165, 1.54) is 4.90 Å². The summed E-state index contributed by atoms with van der Waals surface area (Å²) in [6, 6.07) is 0.0781. The molecule has 0 bridgehead atoms. The Morgan fingerprint density at radius 1 is 1.26 bits per heavy atom. The van der Waals surface area contributed by atoms with Gasteiger partial charge in [0.05, 0.1) is 6.10 Å². The molecule has 6 heteroatoms. The molecule has 0 aromatic rings. The highest BCUT2D eigenvalue weighted by Crippen LogP contribution is 2.23. The summed E-state index contributed by atoms with van der Waals surface area (Å²) >= 11 is 0. The van der Waals surface area contributed by atoms with Crippen LogP contribution < -0.4 is 5.32 Å². The van der Waals surface area contributed by atoms with Crippen molar-refractivity contribution >= 4 is 12.0 Å². The largest absolute Gasteiger partial charge is 0.444 e. The Morgan fingerprint density at radius 3 is 2.32 bits per heavy atom. The molecule has 1 rings (SSSR count). The van der Waals surface area contributed by atoms with Crippen LogP contribution in [0.1, 0.15) is 33.6 Å². The summed E-state index contributed by atoms with van der Waals surface area (Å²) in [6.45, 7) is 5.57. The molecule has 1 saturated carbocycles. The van der Waals surface area contributed by atoms with Crippen LogP contribution in [0, 0.1) is 0 Å². The quantitative estimate of drug-likeness (QED) is 0.833. The molecule has 2 amide bonds. The van der Waals surface area contributed by atoms with Gasteiger partial charge in [-0.1, -0.05) is 0 Å². The van der Waals surface area contributed by atoms with Crippen LogP contribution in [0.25, 0.3) is 0 Å². The van der Waals surface area contributed by atoms with Gasteiger partial charge in [0.2, 0.25) is 5.91 Å². The molecule has 0 spiro atoms. The van der Waals surface area contributed by atoms with Gasteiger partial charge in [-0.15, -0.1) is 0 Å². The maximum atomic E-state index is 11.5. The Balaban J connectivity index is 2.14. The van der Waals surface area contributed by atoms with Gasteiger partial charge in [0, 0.05) is 20.1 Å². The van der Waals surface area contributed by atoms with Crippen molar-refractivity contribution in [2.75, 3.05) is 20.7 Å². The van der Waals surface area contributed by atoms with E-state index in [0.29, 0.717) is 0 Å². The number of nitrogens with zero attached hydrogens (tertiary/aromatic N) is 1. The van der Waals surface area contributed by atoms with Crippen LogP contribution in [0.4, 0.5) is 4.79 Å². The zero-order chi connectivity index (χ0) is 14.6. The number of carbonyl (C=O) groups excluding carboxylic acids is 2. The van der Waals surface area contributed by atoms with Crippen molar-refractivity contribution in [1.29, 1.82) is 0 Å². The molecule has 1 aliphatic rings. The van der Waals surface area contributed by atoms with Crippen molar-refractivity contribution in [2.45, 2.75) is 51.4 Å². The van der Waals surface area contributed by atoms with Gasteiger partial charge in [-0.25, -0.2) is 4.79 Å². The van der Waals surface area contributed by atoms with Crippen molar-refractivity contribution in [3.05, 3.63) is 0 Å². The average molecular weight is 272 g/mol. The van der Waals surface area contributed by atoms with E-state index in [9.17, 15) is 9.59 Å². The number of likely N-dealkylation sites (N-methyl/N-ethyl adjacent to an activating group) is 1. The fraction of sp³-hybridized carbons (Fsp3) is 0.846. The second kappa shape index (κ2) is 6.23. The number of hydrogen-bond acceptors (Lipinski definition) is 4. The Labute approximate surface area is 114 Å². The zero-order valence-electron chi connectivity index (χ0n) is 12.4. The molecule has 0 heterocycles. The molecule has 110 valence electrons. The highest BCUT2D eigenvalue weighted by atomic mass is 16.6. The molecule has 0 aromatic heterocycles. The first kappa shape index (κ1) is 15.8. The summed E-state index contributed by atoms with van der Waals surface area (Å²) in [7, 11) is 3.39. The first-order valence-electron chi connectivity index (χ1n) is 6.48. The lowest BCUT2D eigenvalue weighted by molar-refractivity contribution is -0.138. The van der Waals surface area contributed by atoms with E-state index in [-0.39, 0.29) is 24.7 Å². The topological polar surface area (TPSA) is 67.9 Å². The first-order valence-corrected chi connectivity index (χ1v) is 6.48. The van der Waals surface area contributed by atoms with Crippen LogP contribution in [0.15, 0.2) is 0 Å². The average Bonchev–Trinajstić information content (AvgIpc) is 2.17. The number of rotatable bonds is 4. The summed E-state index contributed by atoms with van der Waals surface area (Å²) in [5.41, 5.74) is -0.484. The van der Waals surface area contributed by atoms with Gasteiger partial charge >= 0.3 is 6.09 Å². The Bertz CT molecular complexity index is 330. The molecule has 0 aromatic carbocycles. The smallest absolute Gasteiger partial charge is 0.407 e. The Morgan fingerprint density at radius 2 is 1.84 bits per heavy atom. The molecule has 6 nitrogen and oxygen atoms in total. The normalized spacial score (nSPS) is 22.4. The van der Waals surface area contributed by atoms with E-state index in [1.54, 1.807) is 14.1 Å². The summed E-state index contributed by atoms with van der Waals surface area (Å²) in [5, 5.41) is 2.78. The molecule has 0 aliphatic heterocycles. The predicted molar refractivity (Wildman–Crippen MR) is 70.8 cm³/mol. The molecule has 19 heavy (non-hydrogen) atoms. The van der Waals surface area contributed by atoms with Crippen molar-refractivity contribution in [2.24, 2.45) is 0 Å². The van der Waals surface area contributed by atoms with E-state index in [2.05, 4.69) is 5.32 Å². The molecule has 1 aliphatic carbocycles. The third kappa shape index (κ3) is 5.92. The minimum absolute atomic E-state index is 0.0452. The highest BCUT2D eigenvalue weighted by molar-refractivity contribution is 5.76. The van der Waals surface area contributed by atoms with Gasteiger partial charge < -0.3 is 19.7 Å². The van der Waals surface area contributed by atoms with Crippen LogP contribution in [0.5, 0.6) is 0 Å². The lowest BCUT2D eigenvalue weighted by Crippen LogP contribution is -2.49. The zero-order valence-corrected chi connectivity index (χ0v) is 12.4. The maximum Gasteiger partial charge on any atom is 0.407 e. The van der Waals surface area contributed by atoms with Gasteiger partial charge in [0.1, 0.15) is 12.2 Å². The maximum absolute atomic E-state index is 11.5. The number of alkyl carbamates (subject to hydrolysis) is 1. The van der Waals surface area contributed by atoms with E-state index in [0.717, 1.165) is 12.8 Å². The minimum Gasteiger partial charge on any atom is -0.444 e. The minimum atomic E-state index is -0.484. The standard InChI is InChI=1S/C13H24N2O4/c1-13(2,3)19-12(17)14-9-6-10(7-9)18-8-11(16)15(4)5/h9-10H,6-8H2,1-5H3,(H,14,17). The predicted octanol–water partition coefficient (Wildman–Crippen LogP) is 1.15. The van der Waals surface area contributed by atoms with Crippen molar-refractivity contribution in [3.8, 4) is 0 Å². The summed E-state index contributed by atoms with van der Waals surface area (Å²) < 4.78 is 10.6. The van der Waals surface area contributed by atoms with E-state index >= 15 is 0 Å². The fourth-order valence-corrected chi connectivity index (χ4v) is 1.61. The highest BCUT2D eigenvalue weighted by Gasteiger charge is 2.32. The molecule has 0 unspecified atom stereocenters. The molecule has 0 atom stereocenters. The number of hydrogen-bond donors (Lipinski definition) is 1. The molecule has 0 radical (unpaired) electrons.